The predicted octanol–water partition coefficient (Wildman–Crippen LogP) is 2.15. The molecule has 6 nitrogen and oxygen atoms in total. The minimum atomic E-state index is -0.0176. The van der Waals surface area contributed by atoms with Crippen LogP contribution in [0.25, 0.3) is 0 Å². The number of amides is 2. The number of para-hydroxylation sites is 1. The van der Waals surface area contributed by atoms with Crippen molar-refractivity contribution < 1.29 is 14.7 Å². The standard InChI is InChI=1S/C21H25N3O3/c25-19-8-6-16(7-9-19)14-20(26)22-18-10-12-24(13-11-18)15-21(27)23-17-4-2-1-3-5-17/h1-9,18,25H,10-15H2,(H,22,26)(H,23,27). The summed E-state index contributed by atoms with van der Waals surface area (Å²) >= 11 is 0. The molecule has 2 aromatic rings. The minimum absolute atomic E-state index is 0.0130. The van der Waals surface area contributed by atoms with Crippen molar-refractivity contribution in [3.05, 3.63) is 60.2 Å². The van der Waals surface area contributed by atoms with Crippen molar-refractivity contribution in [2.75, 3.05) is 25.0 Å². The van der Waals surface area contributed by atoms with E-state index in [1.807, 2.05) is 30.3 Å². The number of hydrogen-bond acceptors (Lipinski definition) is 4. The molecular formula is C21H25N3O3. The molecule has 1 saturated heterocycles. The molecule has 3 N–H and O–H groups in total. The summed E-state index contributed by atoms with van der Waals surface area (Å²) in [5, 5.41) is 15.3. The van der Waals surface area contributed by atoms with E-state index in [0.29, 0.717) is 13.0 Å². The fourth-order valence-electron chi connectivity index (χ4n) is 3.24. The Hall–Kier alpha value is -2.86. The molecule has 3 rings (SSSR count). The Labute approximate surface area is 159 Å². The zero-order valence-corrected chi connectivity index (χ0v) is 15.2. The number of likely N-dealkylation sites (tertiary alicyclic amines) is 1. The summed E-state index contributed by atoms with van der Waals surface area (Å²) in [6.45, 7) is 1.93. The van der Waals surface area contributed by atoms with Gasteiger partial charge in [-0.05, 0) is 42.7 Å². The molecule has 142 valence electrons. The lowest BCUT2D eigenvalue weighted by atomic mass is 10.0. The molecule has 27 heavy (non-hydrogen) atoms. The highest BCUT2D eigenvalue weighted by Gasteiger charge is 2.22. The molecule has 0 bridgehead atoms. The Morgan fingerprint density at radius 2 is 1.63 bits per heavy atom. The summed E-state index contributed by atoms with van der Waals surface area (Å²) in [5.74, 6) is 0.166. The summed E-state index contributed by atoms with van der Waals surface area (Å²) in [6, 6.07) is 16.2. The highest BCUT2D eigenvalue weighted by molar-refractivity contribution is 5.92. The Kier molecular flexibility index (Phi) is 6.44. The van der Waals surface area contributed by atoms with E-state index in [0.717, 1.165) is 37.2 Å². The smallest absolute Gasteiger partial charge is 0.238 e. The van der Waals surface area contributed by atoms with Gasteiger partial charge in [0.25, 0.3) is 0 Å². The average molecular weight is 367 g/mol. The Morgan fingerprint density at radius 3 is 2.30 bits per heavy atom. The van der Waals surface area contributed by atoms with Crippen LogP contribution in [0.2, 0.25) is 0 Å². The van der Waals surface area contributed by atoms with Gasteiger partial charge in [0.05, 0.1) is 13.0 Å². The summed E-state index contributed by atoms with van der Waals surface area (Å²) in [5.41, 5.74) is 1.68. The van der Waals surface area contributed by atoms with Crippen LogP contribution in [-0.4, -0.2) is 47.5 Å². The topological polar surface area (TPSA) is 81.7 Å². The minimum Gasteiger partial charge on any atom is -0.508 e. The van der Waals surface area contributed by atoms with Crippen LogP contribution in [0, 0.1) is 0 Å². The fraction of sp³-hybridized carbons (Fsp3) is 0.333. The molecule has 1 aliphatic rings. The van der Waals surface area contributed by atoms with Crippen molar-refractivity contribution in [3.8, 4) is 5.75 Å². The van der Waals surface area contributed by atoms with E-state index < -0.39 is 0 Å². The summed E-state index contributed by atoms with van der Waals surface area (Å²) in [7, 11) is 0. The molecule has 2 amide bonds. The number of phenolic OH excluding ortho intramolecular Hbond substituents is 1. The second kappa shape index (κ2) is 9.19. The predicted molar refractivity (Wildman–Crippen MR) is 104 cm³/mol. The first-order valence-electron chi connectivity index (χ1n) is 9.23. The summed E-state index contributed by atoms with van der Waals surface area (Å²) in [6.07, 6.45) is 1.97. The molecule has 1 aliphatic heterocycles. The molecule has 0 aliphatic carbocycles. The second-order valence-corrected chi connectivity index (χ2v) is 6.88. The van der Waals surface area contributed by atoms with E-state index in [1.54, 1.807) is 24.3 Å². The van der Waals surface area contributed by atoms with Gasteiger partial charge in [-0.25, -0.2) is 0 Å². The van der Waals surface area contributed by atoms with Gasteiger partial charge < -0.3 is 15.7 Å². The third kappa shape index (κ3) is 6.11. The number of benzene rings is 2. The molecule has 0 atom stereocenters. The molecule has 6 heteroatoms. The number of nitrogens with one attached hydrogen (secondary N) is 2. The van der Waals surface area contributed by atoms with Crippen LogP contribution in [-0.2, 0) is 16.0 Å². The van der Waals surface area contributed by atoms with Crippen LogP contribution in [0.1, 0.15) is 18.4 Å². The number of carbonyl (C=O) groups excluding carboxylic acids is 2. The van der Waals surface area contributed by atoms with E-state index in [2.05, 4.69) is 15.5 Å². The number of aromatic hydroxyl groups is 1. The monoisotopic (exact) mass is 367 g/mol. The number of phenols is 1. The second-order valence-electron chi connectivity index (χ2n) is 6.88. The first-order chi connectivity index (χ1) is 13.1. The van der Waals surface area contributed by atoms with Crippen LogP contribution in [0.15, 0.2) is 54.6 Å². The largest absolute Gasteiger partial charge is 0.508 e. The van der Waals surface area contributed by atoms with Gasteiger partial charge in [0.2, 0.25) is 11.8 Å². The highest BCUT2D eigenvalue weighted by atomic mass is 16.3. The number of hydrogen-bond donors (Lipinski definition) is 3. The van der Waals surface area contributed by atoms with Gasteiger partial charge in [0, 0.05) is 24.8 Å². The zero-order valence-electron chi connectivity index (χ0n) is 15.2. The first kappa shape index (κ1) is 18.9. The van der Waals surface area contributed by atoms with Crippen molar-refractivity contribution in [2.45, 2.75) is 25.3 Å². The van der Waals surface area contributed by atoms with E-state index in [1.165, 1.54) is 0 Å². The van der Waals surface area contributed by atoms with Crippen molar-refractivity contribution >= 4 is 17.5 Å². The molecule has 1 heterocycles. The summed E-state index contributed by atoms with van der Waals surface area (Å²) in [4.78, 5) is 26.4. The normalized spacial score (nSPS) is 15.3. The van der Waals surface area contributed by atoms with E-state index in [9.17, 15) is 14.7 Å². The van der Waals surface area contributed by atoms with Crippen molar-refractivity contribution in [1.82, 2.24) is 10.2 Å². The molecule has 0 saturated carbocycles. The average Bonchev–Trinajstić information content (AvgIpc) is 2.66. The van der Waals surface area contributed by atoms with Gasteiger partial charge in [-0.2, -0.15) is 0 Å². The maximum atomic E-state index is 12.2. The lowest BCUT2D eigenvalue weighted by Gasteiger charge is -2.31. The van der Waals surface area contributed by atoms with Crippen LogP contribution < -0.4 is 10.6 Å². The molecule has 2 aromatic carbocycles. The Bertz CT molecular complexity index is 754. The fourth-order valence-corrected chi connectivity index (χ4v) is 3.24. The van der Waals surface area contributed by atoms with Crippen molar-refractivity contribution in [1.29, 1.82) is 0 Å². The van der Waals surface area contributed by atoms with Gasteiger partial charge in [-0.1, -0.05) is 30.3 Å². The quantitative estimate of drug-likeness (QED) is 0.731. The lowest BCUT2D eigenvalue weighted by molar-refractivity contribution is -0.122. The van der Waals surface area contributed by atoms with Crippen LogP contribution in [0.5, 0.6) is 5.75 Å². The number of nitrogens with zero attached hydrogens (tertiary/aromatic N) is 1. The highest BCUT2D eigenvalue weighted by Crippen LogP contribution is 2.13. The van der Waals surface area contributed by atoms with Gasteiger partial charge in [0.15, 0.2) is 0 Å². The third-order valence-corrected chi connectivity index (χ3v) is 4.68. The molecule has 0 unspecified atom stereocenters. The van der Waals surface area contributed by atoms with Gasteiger partial charge in [-0.3, -0.25) is 14.5 Å². The molecule has 0 aromatic heterocycles. The van der Waals surface area contributed by atoms with Crippen molar-refractivity contribution in [2.24, 2.45) is 0 Å². The zero-order chi connectivity index (χ0) is 19.1. The van der Waals surface area contributed by atoms with Gasteiger partial charge in [-0.15, -0.1) is 0 Å². The van der Waals surface area contributed by atoms with Crippen LogP contribution in [0.3, 0.4) is 0 Å². The molecule has 0 radical (unpaired) electrons. The number of piperidine rings is 1. The third-order valence-electron chi connectivity index (χ3n) is 4.68. The number of carbonyl (C=O) groups is 2. The molecule has 0 spiro atoms. The SMILES string of the molecule is O=C(CN1CCC(NC(=O)Cc2ccc(O)cc2)CC1)Nc1ccccc1. The van der Waals surface area contributed by atoms with Crippen LogP contribution in [0.4, 0.5) is 5.69 Å². The number of rotatable bonds is 6. The van der Waals surface area contributed by atoms with Gasteiger partial charge in [0.1, 0.15) is 5.75 Å². The number of anilines is 1. The van der Waals surface area contributed by atoms with Crippen LogP contribution >= 0.6 is 0 Å². The van der Waals surface area contributed by atoms with E-state index >= 15 is 0 Å². The van der Waals surface area contributed by atoms with Gasteiger partial charge >= 0.3 is 0 Å². The van der Waals surface area contributed by atoms with E-state index in [4.69, 9.17) is 0 Å². The summed E-state index contributed by atoms with van der Waals surface area (Å²) < 4.78 is 0. The Balaban J connectivity index is 1.37. The maximum Gasteiger partial charge on any atom is 0.238 e. The maximum absolute atomic E-state index is 12.2. The lowest BCUT2D eigenvalue weighted by Crippen LogP contribution is -2.46. The first-order valence-corrected chi connectivity index (χ1v) is 9.23. The molecule has 1 fully saturated rings. The molecular weight excluding hydrogens is 342 g/mol. The Morgan fingerprint density at radius 1 is 0.963 bits per heavy atom. The van der Waals surface area contributed by atoms with Crippen molar-refractivity contribution in [3.63, 3.8) is 0 Å². The van der Waals surface area contributed by atoms with E-state index in [-0.39, 0.29) is 23.6 Å².